The van der Waals surface area contributed by atoms with E-state index < -0.39 is 5.97 Å². The lowest BCUT2D eigenvalue weighted by atomic mass is 10.1. The van der Waals surface area contributed by atoms with Crippen LogP contribution in [0.25, 0.3) is 0 Å². The number of carboxylic acids is 1. The number of nitrogens with zero attached hydrogens (tertiary/aromatic N) is 2. The third-order valence-electron chi connectivity index (χ3n) is 4.38. The van der Waals surface area contributed by atoms with E-state index in [0.717, 1.165) is 51.6 Å². The number of piperidine rings is 1. The molecule has 0 aromatic heterocycles. The summed E-state index contributed by atoms with van der Waals surface area (Å²) in [4.78, 5) is 27.1. The van der Waals surface area contributed by atoms with Gasteiger partial charge in [0.15, 0.2) is 0 Å². The van der Waals surface area contributed by atoms with Gasteiger partial charge in [-0.1, -0.05) is 12.8 Å². The van der Waals surface area contributed by atoms with Crippen molar-refractivity contribution in [1.82, 2.24) is 15.1 Å². The van der Waals surface area contributed by atoms with Crippen molar-refractivity contribution in [3.8, 4) is 0 Å². The average Bonchev–Trinajstić information content (AvgIpc) is 2.92. The third-order valence-corrected chi connectivity index (χ3v) is 4.38. The zero-order valence-corrected chi connectivity index (χ0v) is 12.2. The lowest BCUT2D eigenvalue weighted by Crippen LogP contribution is -2.52. The highest BCUT2D eigenvalue weighted by molar-refractivity contribution is 5.80. The Hall–Kier alpha value is -1.30. The van der Waals surface area contributed by atoms with Crippen molar-refractivity contribution < 1.29 is 14.7 Å². The highest BCUT2D eigenvalue weighted by Gasteiger charge is 2.30. The van der Waals surface area contributed by atoms with Crippen molar-refractivity contribution in [1.29, 1.82) is 0 Å². The zero-order chi connectivity index (χ0) is 14.5. The summed E-state index contributed by atoms with van der Waals surface area (Å²) in [6.45, 7) is 1.77. The first kappa shape index (κ1) is 15.1. The van der Waals surface area contributed by atoms with Crippen LogP contribution in [0, 0.1) is 0 Å². The summed E-state index contributed by atoms with van der Waals surface area (Å²) >= 11 is 0. The maximum atomic E-state index is 12.4. The number of hydrogen-bond donors (Lipinski definition) is 2. The standard InChI is InChI=1S/C14H25N3O3/c1-16-8-6-11(7-9-16)15-14(20)17(10-13(18)19)12-4-2-3-5-12/h11-12H,2-10H2,1H3,(H,15,20)(H,18,19). The van der Waals surface area contributed by atoms with Crippen molar-refractivity contribution in [3.05, 3.63) is 0 Å². The lowest BCUT2D eigenvalue weighted by Gasteiger charge is -2.33. The molecule has 1 saturated carbocycles. The molecule has 6 heteroatoms. The molecule has 0 spiro atoms. The minimum absolute atomic E-state index is 0.0948. The van der Waals surface area contributed by atoms with E-state index >= 15 is 0 Å². The molecule has 0 radical (unpaired) electrons. The fourth-order valence-corrected chi connectivity index (χ4v) is 3.14. The zero-order valence-electron chi connectivity index (χ0n) is 12.2. The fourth-order valence-electron chi connectivity index (χ4n) is 3.14. The minimum Gasteiger partial charge on any atom is -0.480 e. The number of likely N-dealkylation sites (tertiary alicyclic amines) is 1. The molecule has 2 aliphatic rings. The second-order valence-corrected chi connectivity index (χ2v) is 5.99. The van der Waals surface area contributed by atoms with Crippen molar-refractivity contribution in [2.45, 2.75) is 50.6 Å². The molecule has 0 atom stereocenters. The molecular formula is C14H25N3O3. The van der Waals surface area contributed by atoms with Gasteiger partial charge in [0.05, 0.1) is 0 Å². The second kappa shape index (κ2) is 6.92. The number of nitrogens with one attached hydrogen (secondary N) is 1. The molecule has 1 heterocycles. The van der Waals surface area contributed by atoms with Crippen LogP contribution in [0.15, 0.2) is 0 Å². The van der Waals surface area contributed by atoms with Gasteiger partial charge in [0.2, 0.25) is 0 Å². The Morgan fingerprint density at radius 2 is 1.80 bits per heavy atom. The number of rotatable bonds is 4. The van der Waals surface area contributed by atoms with Crippen molar-refractivity contribution in [2.24, 2.45) is 0 Å². The first-order valence-corrected chi connectivity index (χ1v) is 7.53. The highest BCUT2D eigenvalue weighted by atomic mass is 16.4. The van der Waals surface area contributed by atoms with E-state index in [9.17, 15) is 9.59 Å². The quantitative estimate of drug-likeness (QED) is 0.811. The van der Waals surface area contributed by atoms with Crippen LogP contribution < -0.4 is 5.32 Å². The SMILES string of the molecule is CN1CCC(NC(=O)N(CC(=O)O)C2CCCC2)CC1. The Kier molecular flexibility index (Phi) is 5.23. The molecule has 2 N–H and O–H groups in total. The van der Waals surface area contributed by atoms with Crippen LogP contribution in [0.4, 0.5) is 4.79 Å². The Morgan fingerprint density at radius 1 is 1.20 bits per heavy atom. The summed E-state index contributed by atoms with van der Waals surface area (Å²) in [5.41, 5.74) is 0. The molecular weight excluding hydrogens is 258 g/mol. The Labute approximate surface area is 120 Å². The first-order chi connectivity index (χ1) is 9.56. The van der Waals surface area contributed by atoms with Crippen LogP contribution >= 0.6 is 0 Å². The maximum absolute atomic E-state index is 12.4. The van der Waals surface area contributed by atoms with Gasteiger partial charge in [0, 0.05) is 12.1 Å². The number of carbonyl (C=O) groups excluding carboxylic acids is 1. The molecule has 2 amide bonds. The molecule has 1 aliphatic carbocycles. The smallest absolute Gasteiger partial charge is 0.323 e. The van der Waals surface area contributed by atoms with E-state index in [0.29, 0.717) is 0 Å². The van der Waals surface area contributed by atoms with Crippen LogP contribution in [0.1, 0.15) is 38.5 Å². The van der Waals surface area contributed by atoms with Gasteiger partial charge in [-0.15, -0.1) is 0 Å². The van der Waals surface area contributed by atoms with Crippen LogP contribution in [-0.4, -0.2) is 65.7 Å². The summed E-state index contributed by atoms with van der Waals surface area (Å²) < 4.78 is 0. The summed E-state index contributed by atoms with van der Waals surface area (Å²) in [7, 11) is 2.08. The van der Waals surface area contributed by atoms with E-state index in [2.05, 4.69) is 17.3 Å². The summed E-state index contributed by atoms with van der Waals surface area (Å²) in [5, 5.41) is 12.0. The van der Waals surface area contributed by atoms with Crippen LogP contribution in [0.2, 0.25) is 0 Å². The van der Waals surface area contributed by atoms with Gasteiger partial charge in [0.25, 0.3) is 0 Å². The second-order valence-electron chi connectivity index (χ2n) is 5.99. The molecule has 6 nitrogen and oxygen atoms in total. The number of carboxylic acid groups (broad SMARTS) is 1. The largest absolute Gasteiger partial charge is 0.480 e. The van der Waals surface area contributed by atoms with E-state index in [1.807, 2.05) is 0 Å². The monoisotopic (exact) mass is 283 g/mol. The molecule has 20 heavy (non-hydrogen) atoms. The fraction of sp³-hybridized carbons (Fsp3) is 0.857. The molecule has 1 saturated heterocycles. The van der Waals surface area contributed by atoms with Crippen molar-refractivity contribution in [3.63, 3.8) is 0 Å². The normalized spacial score (nSPS) is 21.9. The summed E-state index contributed by atoms with van der Waals surface area (Å²) in [6.07, 6.45) is 5.90. The maximum Gasteiger partial charge on any atom is 0.323 e. The lowest BCUT2D eigenvalue weighted by molar-refractivity contribution is -0.138. The van der Waals surface area contributed by atoms with Gasteiger partial charge in [-0.05, 0) is 45.8 Å². The van der Waals surface area contributed by atoms with Gasteiger partial charge in [-0.25, -0.2) is 4.79 Å². The van der Waals surface area contributed by atoms with E-state index in [4.69, 9.17) is 5.11 Å². The van der Waals surface area contributed by atoms with Crippen molar-refractivity contribution >= 4 is 12.0 Å². The van der Waals surface area contributed by atoms with E-state index in [1.165, 1.54) is 4.90 Å². The first-order valence-electron chi connectivity index (χ1n) is 7.53. The number of carbonyl (C=O) groups is 2. The molecule has 0 bridgehead atoms. The molecule has 0 unspecified atom stereocenters. The topological polar surface area (TPSA) is 72.9 Å². The molecule has 0 aromatic carbocycles. The summed E-state index contributed by atoms with van der Waals surface area (Å²) in [5.74, 6) is -0.935. The molecule has 1 aliphatic heterocycles. The summed E-state index contributed by atoms with van der Waals surface area (Å²) in [6, 6.07) is 0.0719. The van der Waals surface area contributed by atoms with Gasteiger partial charge in [-0.3, -0.25) is 4.79 Å². The van der Waals surface area contributed by atoms with E-state index in [-0.39, 0.29) is 24.7 Å². The molecule has 114 valence electrons. The molecule has 2 fully saturated rings. The van der Waals surface area contributed by atoms with Gasteiger partial charge < -0.3 is 20.2 Å². The van der Waals surface area contributed by atoms with Crippen LogP contribution in [-0.2, 0) is 4.79 Å². The number of urea groups is 1. The highest BCUT2D eigenvalue weighted by Crippen LogP contribution is 2.23. The number of amides is 2. The Balaban J connectivity index is 1.90. The average molecular weight is 283 g/mol. The predicted molar refractivity (Wildman–Crippen MR) is 75.6 cm³/mol. The predicted octanol–water partition coefficient (Wildman–Crippen LogP) is 1.12. The van der Waals surface area contributed by atoms with Gasteiger partial charge >= 0.3 is 12.0 Å². The van der Waals surface area contributed by atoms with Gasteiger partial charge in [-0.2, -0.15) is 0 Å². The Morgan fingerprint density at radius 3 is 2.35 bits per heavy atom. The van der Waals surface area contributed by atoms with Crippen molar-refractivity contribution in [2.75, 3.05) is 26.7 Å². The minimum atomic E-state index is -0.935. The van der Waals surface area contributed by atoms with Crippen LogP contribution in [0.5, 0.6) is 0 Å². The van der Waals surface area contributed by atoms with Gasteiger partial charge in [0.1, 0.15) is 6.54 Å². The van der Waals surface area contributed by atoms with E-state index in [1.54, 1.807) is 0 Å². The molecule has 0 aromatic rings. The third kappa shape index (κ3) is 4.10. The number of hydrogen-bond acceptors (Lipinski definition) is 3. The number of aliphatic carboxylic acids is 1. The van der Waals surface area contributed by atoms with Crippen LogP contribution in [0.3, 0.4) is 0 Å². The molecule has 2 rings (SSSR count). The Bertz CT molecular complexity index is 348.